The van der Waals surface area contributed by atoms with E-state index in [2.05, 4.69) is 9.97 Å². The zero-order valence-electron chi connectivity index (χ0n) is 15.1. The third-order valence-electron chi connectivity index (χ3n) is 4.56. The van der Waals surface area contributed by atoms with Gasteiger partial charge in [-0.25, -0.2) is 22.2 Å². The summed E-state index contributed by atoms with van der Waals surface area (Å²) in [6.45, 7) is 0. The van der Waals surface area contributed by atoms with Crippen LogP contribution >= 0.6 is 0 Å². The third-order valence-corrected chi connectivity index (χ3v) is 5.67. The number of nitrogens with zero attached hydrogens (tertiary/aromatic N) is 1. The average Bonchev–Trinajstić information content (AvgIpc) is 3.13. The van der Waals surface area contributed by atoms with E-state index in [0.717, 1.165) is 24.5 Å². The summed E-state index contributed by atoms with van der Waals surface area (Å²) in [7, 11) is -3.43. The number of nitrogens with one attached hydrogen (secondary N) is 1. The zero-order valence-corrected chi connectivity index (χ0v) is 15.9. The number of H-pyrrole nitrogens is 1. The Labute approximate surface area is 165 Å². The van der Waals surface area contributed by atoms with E-state index < -0.39 is 32.8 Å². The molecule has 2 aromatic carbocycles. The van der Waals surface area contributed by atoms with Crippen LogP contribution in [0.3, 0.4) is 0 Å². The topological polar surface area (TPSA) is 79.9 Å². The van der Waals surface area contributed by atoms with Crippen molar-refractivity contribution in [2.45, 2.75) is 4.90 Å². The highest BCUT2D eigenvalue weighted by molar-refractivity contribution is 7.90. The molecule has 0 bridgehead atoms. The van der Waals surface area contributed by atoms with Crippen molar-refractivity contribution >= 4 is 26.7 Å². The fraction of sp³-hybridized carbons (Fsp3) is 0.0476. The first kappa shape index (κ1) is 18.9. The van der Waals surface area contributed by atoms with E-state index >= 15 is 0 Å². The Morgan fingerprint density at radius 2 is 1.83 bits per heavy atom. The van der Waals surface area contributed by atoms with Crippen LogP contribution in [-0.2, 0) is 9.84 Å². The highest BCUT2D eigenvalue weighted by Gasteiger charge is 2.21. The summed E-state index contributed by atoms with van der Waals surface area (Å²) >= 11 is 0. The van der Waals surface area contributed by atoms with Crippen molar-refractivity contribution in [1.29, 1.82) is 0 Å². The van der Waals surface area contributed by atoms with Gasteiger partial charge in [-0.1, -0.05) is 12.1 Å². The number of rotatable bonds is 4. The van der Waals surface area contributed by atoms with E-state index in [9.17, 15) is 22.0 Å². The van der Waals surface area contributed by atoms with Gasteiger partial charge in [0.2, 0.25) is 0 Å². The number of carbonyl (C=O) groups excluding carboxylic acids is 1. The van der Waals surface area contributed by atoms with Crippen LogP contribution in [0.25, 0.3) is 22.2 Å². The Bertz CT molecular complexity index is 1380. The molecule has 8 heteroatoms. The zero-order chi connectivity index (χ0) is 20.8. The van der Waals surface area contributed by atoms with Gasteiger partial charge in [-0.3, -0.25) is 4.79 Å². The normalized spacial score (nSPS) is 11.7. The van der Waals surface area contributed by atoms with Crippen LogP contribution in [0.1, 0.15) is 15.9 Å². The van der Waals surface area contributed by atoms with Gasteiger partial charge in [0, 0.05) is 24.0 Å². The highest BCUT2D eigenvalue weighted by atomic mass is 32.2. The van der Waals surface area contributed by atoms with Gasteiger partial charge in [0.1, 0.15) is 17.3 Å². The molecule has 0 fully saturated rings. The van der Waals surface area contributed by atoms with E-state index in [1.807, 2.05) is 0 Å². The molecule has 0 unspecified atom stereocenters. The van der Waals surface area contributed by atoms with Crippen LogP contribution in [0.4, 0.5) is 8.78 Å². The summed E-state index contributed by atoms with van der Waals surface area (Å²) in [5, 5.41) is 0.395. The lowest BCUT2D eigenvalue weighted by Crippen LogP contribution is -2.05. The number of ketones is 1. The number of aromatic nitrogens is 2. The van der Waals surface area contributed by atoms with E-state index in [0.29, 0.717) is 22.2 Å². The lowest BCUT2D eigenvalue weighted by atomic mass is 9.97. The molecule has 0 amide bonds. The monoisotopic (exact) mass is 412 g/mol. The van der Waals surface area contributed by atoms with Gasteiger partial charge in [0.15, 0.2) is 15.6 Å². The van der Waals surface area contributed by atoms with Crippen molar-refractivity contribution in [1.82, 2.24) is 9.97 Å². The average molecular weight is 412 g/mol. The maximum absolute atomic E-state index is 14.1. The molecule has 0 aliphatic rings. The Balaban J connectivity index is 1.94. The number of benzene rings is 2. The number of hydrogen-bond donors (Lipinski definition) is 1. The predicted molar refractivity (Wildman–Crippen MR) is 104 cm³/mol. The predicted octanol–water partition coefficient (Wildman–Crippen LogP) is 4.14. The standard InChI is InChI=1S/C21H14F2N2O3S/c1-29(27,28)14-4-2-3-12(9-14)15-7-8-24-21-19(15)17(11-25-21)20(26)16-10-13(22)5-6-18(16)23/h2-11H,1H3,(H,24,25). The molecule has 4 aromatic rings. The second-order valence-corrected chi connectivity index (χ2v) is 8.55. The van der Waals surface area contributed by atoms with E-state index in [1.165, 1.54) is 24.5 Å². The van der Waals surface area contributed by atoms with Crippen LogP contribution in [0.2, 0.25) is 0 Å². The number of fused-ring (bicyclic) bond motifs is 1. The smallest absolute Gasteiger partial charge is 0.198 e. The summed E-state index contributed by atoms with van der Waals surface area (Å²) in [5.74, 6) is -2.27. The van der Waals surface area contributed by atoms with Crippen LogP contribution in [0.5, 0.6) is 0 Å². The molecule has 0 aliphatic carbocycles. The van der Waals surface area contributed by atoms with Crippen LogP contribution < -0.4 is 0 Å². The number of aromatic amines is 1. The molecule has 5 nitrogen and oxygen atoms in total. The summed E-state index contributed by atoms with van der Waals surface area (Å²) in [4.78, 5) is 20.1. The first-order valence-corrected chi connectivity index (χ1v) is 10.4. The van der Waals surface area contributed by atoms with Crippen molar-refractivity contribution in [3.05, 3.63) is 83.7 Å². The minimum absolute atomic E-state index is 0.109. The molecular weight excluding hydrogens is 398 g/mol. The Kier molecular flexibility index (Phi) is 4.50. The molecule has 0 radical (unpaired) electrons. The number of pyridine rings is 1. The second-order valence-electron chi connectivity index (χ2n) is 6.54. The van der Waals surface area contributed by atoms with Crippen LogP contribution in [0.15, 0.2) is 65.8 Å². The molecule has 0 saturated heterocycles. The molecule has 0 aliphatic heterocycles. The lowest BCUT2D eigenvalue weighted by Gasteiger charge is -2.08. The molecule has 4 rings (SSSR count). The van der Waals surface area contributed by atoms with Crippen molar-refractivity contribution in [3.8, 4) is 11.1 Å². The molecule has 2 aromatic heterocycles. The fourth-order valence-electron chi connectivity index (χ4n) is 3.19. The van der Waals surface area contributed by atoms with Gasteiger partial charge in [0.25, 0.3) is 0 Å². The quantitative estimate of drug-likeness (QED) is 0.511. The maximum Gasteiger partial charge on any atom is 0.198 e. The van der Waals surface area contributed by atoms with Gasteiger partial charge in [-0.05, 0) is 47.5 Å². The van der Waals surface area contributed by atoms with Crippen molar-refractivity contribution < 1.29 is 22.0 Å². The largest absolute Gasteiger partial charge is 0.345 e. The first-order valence-electron chi connectivity index (χ1n) is 8.52. The number of carbonyl (C=O) groups is 1. The van der Waals surface area contributed by atoms with Crippen molar-refractivity contribution in [2.75, 3.05) is 6.26 Å². The molecule has 0 atom stereocenters. The van der Waals surface area contributed by atoms with Gasteiger partial charge in [-0.15, -0.1) is 0 Å². The van der Waals surface area contributed by atoms with Crippen LogP contribution in [-0.4, -0.2) is 30.4 Å². The Hall–Kier alpha value is -3.39. The second kappa shape index (κ2) is 6.89. The molecule has 0 spiro atoms. The van der Waals surface area contributed by atoms with E-state index in [-0.39, 0.29) is 10.5 Å². The SMILES string of the molecule is CS(=O)(=O)c1cccc(-c2ccnc3[nH]cc(C(=O)c4cc(F)ccc4F)c23)c1. The Morgan fingerprint density at radius 1 is 1.03 bits per heavy atom. The minimum Gasteiger partial charge on any atom is -0.345 e. The number of halogens is 2. The lowest BCUT2D eigenvalue weighted by molar-refractivity contribution is 0.103. The molecule has 29 heavy (non-hydrogen) atoms. The van der Waals surface area contributed by atoms with Crippen LogP contribution in [0, 0.1) is 11.6 Å². The van der Waals surface area contributed by atoms with Crippen molar-refractivity contribution in [2.24, 2.45) is 0 Å². The summed E-state index contributed by atoms with van der Waals surface area (Å²) in [6, 6.07) is 10.6. The highest BCUT2D eigenvalue weighted by Crippen LogP contribution is 2.32. The number of sulfone groups is 1. The first-order chi connectivity index (χ1) is 13.8. The molecule has 146 valence electrons. The van der Waals surface area contributed by atoms with Gasteiger partial charge >= 0.3 is 0 Å². The molecule has 2 heterocycles. The Morgan fingerprint density at radius 3 is 2.59 bits per heavy atom. The minimum atomic E-state index is -3.43. The molecular formula is C21H14F2N2O3S. The third kappa shape index (κ3) is 3.42. The van der Waals surface area contributed by atoms with Crippen molar-refractivity contribution in [3.63, 3.8) is 0 Å². The summed E-state index contributed by atoms with van der Waals surface area (Å²) < 4.78 is 51.5. The van der Waals surface area contributed by atoms with Gasteiger partial charge in [-0.2, -0.15) is 0 Å². The van der Waals surface area contributed by atoms with Gasteiger partial charge < -0.3 is 4.98 Å². The molecule has 1 N–H and O–H groups in total. The summed E-state index contributed by atoms with van der Waals surface area (Å²) in [5.41, 5.74) is 1.17. The summed E-state index contributed by atoms with van der Waals surface area (Å²) in [6.07, 6.45) is 4.00. The maximum atomic E-state index is 14.1. The van der Waals surface area contributed by atoms with E-state index in [1.54, 1.807) is 18.2 Å². The fourth-order valence-corrected chi connectivity index (χ4v) is 3.85. The molecule has 0 saturated carbocycles. The van der Waals surface area contributed by atoms with Gasteiger partial charge in [0.05, 0.1) is 16.0 Å². The van der Waals surface area contributed by atoms with E-state index in [4.69, 9.17) is 0 Å². The number of hydrogen-bond acceptors (Lipinski definition) is 4.